The van der Waals surface area contributed by atoms with E-state index in [0.717, 1.165) is 30.2 Å². The molecule has 2 saturated carbocycles. The summed E-state index contributed by atoms with van der Waals surface area (Å²) in [5.41, 5.74) is 6.38. The van der Waals surface area contributed by atoms with Gasteiger partial charge in [-0.2, -0.15) is 0 Å². The molecule has 0 N–H and O–H groups in total. The Kier molecular flexibility index (Phi) is 8.30. The van der Waals surface area contributed by atoms with E-state index in [0.29, 0.717) is 5.41 Å². The summed E-state index contributed by atoms with van der Waals surface area (Å²) in [6.07, 6.45) is 12.7. The van der Waals surface area contributed by atoms with Crippen LogP contribution in [-0.2, 0) is 18.4 Å². The summed E-state index contributed by atoms with van der Waals surface area (Å²) >= 11 is 0. The first-order valence-corrected chi connectivity index (χ1v) is 13.4. The van der Waals surface area contributed by atoms with Crippen LogP contribution >= 0.6 is 24.8 Å². The molecule has 3 fully saturated rings. The van der Waals surface area contributed by atoms with E-state index in [9.17, 15) is 0 Å². The van der Waals surface area contributed by atoms with Crippen LogP contribution in [0.4, 0.5) is 5.69 Å². The monoisotopic (exact) mass is 516 g/mol. The number of ether oxygens (including phenoxy) is 1. The van der Waals surface area contributed by atoms with Crippen molar-refractivity contribution in [3.05, 3.63) is 59.2 Å². The number of benzene rings is 2. The molecule has 4 aliphatic rings. The molecule has 2 aromatic rings. The van der Waals surface area contributed by atoms with Crippen molar-refractivity contribution in [1.29, 1.82) is 0 Å². The topological polar surface area (TPSA) is 15.7 Å². The molecule has 2 bridgehead atoms. The van der Waals surface area contributed by atoms with E-state index in [1.54, 1.807) is 18.2 Å². The van der Waals surface area contributed by atoms with Gasteiger partial charge < -0.3 is 9.64 Å². The van der Waals surface area contributed by atoms with Crippen molar-refractivity contribution in [2.75, 3.05) is 32.1 Å². The maximum atomic E-state index is 5.61. The number of hydrogen-bond donors (Lipinski definition) is 0. The zero-order valence-corrected chi connectivity index (χ0v) is 23.0. The maximum Gasteiger partial charge on any atom is 0.123 e. The van der Waals surface area contributed by atoms with E-state index in [1.807, 2.05) is 0 Å². The molecule has 1 saturated heterocycles. The molecule has 192 valence electrons. The number of methoxy groups -OCH3 is 1. The first-order valence-electron chi connectivity index (χ1n) is 13.4. The van der Waals surface area contributed by atoms with Gasteiger partial charge >= 0.3 is 0 Å². The van der Waals surface area contributed by atoms with Gasteiger partial charge in [-0.15, -0.1) is 24.8 Å². The molecule has 35 heavy (non-hydrogen) atoms. The second kappa shape index (κ2) is 10.9. The third-order valence-corrected chi connectivity index (χ3v) is 9.69. The van der Waals surface area contributed by atoms with E-state index >= 15 is 0 Å². The first-order chi connectivity index (χ1) is 16.2. The molecular weight excluding hydrogens is 475 g/mol. The van der Waals surface area contributed by atoms with Crippen LogP contribution in [0.25, 0.3) is 0 Å². The Bertz CT molecular complexity index is 1010. The molecule has 6 rings (SSSR count). The van der Waals surface area contributed by atoms with E-state index < -0.39 is 0 Å². The third-order valence-electron chi connectivity index (χ3n) is 9.69. The summed E-state index contributed by atoms with van der Waals surface area (Å²) in [6, 6.07) is 16.6. The Morgan fingerprint density at radius 1 is 1.00 bits per heavy atom. The number of piperidine rings is 1. The lowest BCUT2D eigenvalue weighted by Crippen LogP contribution is -2.61. The Labute approximate surface area is 224 Å². The number of fused-ring (bicyclic) bond motifs is 1. The van der Waals surface area contributed by atoms with Gasteiger partial charge in [0.15, 0.2) is 0 Å². The number of para-hydroxylation sites is 1. The predicted molar refractivity (Wildman–Crippen MR) is 151 cm³/mol. The SMILES string of the molecule is COc1ccccc1CN(C)c1ccc2c(c1)[C@@]13CCCC[C@H]1[C@@H](C2)N(CC1CCC1)CC3.Cl.Cl. The number of anilines is 1. The second-order valence-electron chi connectivity index (χ2n) is 11.3. The fraction of sp³-hybridized carbons (Fsp3) is 0.600. The highest BCUT2D eigenvalue weighted by Gasteiger charge is 2.54. The zero-order chi connectivity index (χ0) is 22.4. The van der Waals surface area contributed by atoms with E-state index in [1.165, 1.54) is 82.1 Å². The van der Waals surface area contributed by atoms with Gasteiger partial charge in [-0.05, 0) is 86.2 Å². The van der Waals surface area contributed by atoms with Crippen LogP contribution < -0.4 is 9.64 Å². The van der Waals surface area contributed by atoms with Crippen LogP contribution in [0.1, 0.15) is 68.1 Å². The van der Waals surface area contributed by atoms with Gasteiger partial charge in [0.2, 0.25) is 0 Å². The molecule has 1 aliphatic heterocycles. The minimum atomic E-state index is 0. The van der Waals surface area contributed by atoms with Gasteiger partial charge in [-0.3, -0.25) is 4.90 Å². The molecule has 0 spiro atoms. The lowest BCUT2D eigenvalue weighted by Gasteiger charge is -2.60. The maximum absolute atomic E-state index is 5.61. The van der Waals surface area contributed by atoms with Gasteiger partial charge in [-0.25, -0.2) is 0 Å². The van der Waals surface area contributed by atoms with E-state index in [2.05, 4.69) is 59.3 Å². The van der Waals surface area contributed by atoms with Crippen LogP contribution in [0.2, 0.25) is 0 Å². The van der Waals surface area contributed by atoms with Gasteiger partial charge in [0.25, 0.3) is 0 Å². The molecular formula is C30H42Cl2N2O. The molecule has 3 atom stereocenters. The average Bonchev–Trinajstić information content (AvgIpc) is 2.82. The normalized spacial score (nSPS) is 27.4. The zero-order valence-electron chi connectivity index (χ0n) is 21.4. The first kappa shape index (κ1) is 26.6. The van der Waals surface area contributed by atoms with Crippen molar-refractivity contribution in [2.24, 2.45) is 11.8 Å². The van der Waals surface area contributed by atoms with Crippen LogP contribution in [-0.4, -0.2) is 38.2 Å². The highest BCUT2D eigenvalue weighted by Crippen LogP contribution is 2.56. The Morgan fingerprint density at radius 3 is 2.60 bits per heavy atom. The van der Waals surface area contributed by atoms with Crippen molar-refractivity contribution in [1.82, 2.24) is 4.90 Å². The largest absolute Gasteiger partial charge is 0.496 e. The summed E-state index contributed by atoms with van der Waals surface area (Å²) in [6.45, 7) is 3.56. The van der Waals surface area contributed by atoms with Gasteiger partial charge in [-0.1, -0.05) is 43.5 Å². The fourth-order valence-corrected chi connectivity index (χ4v) is 7.72. The summed E-state index contributed by atoms with van der Waals surface area (Å²) < 4.78 is 5.61. The molecule has 5 heteroatoms. The van der Waals surface area contributed by atoms with Crippen molar-refractivity contribution in [3.63, 3.8) is 0 Å². The third kappa shape index (κ3) is 4.69. The smallest absolute Gasteiger partial charge is 0.123 e. The molecule has 2 aromatic carbocycles. The molecule has 3 nitrogen and oxygen atoms in total. The highest BCUT2D eigenvalue weighted by atomic mass is 35.5. The minimum Gasteiger partial charge on any atom is -0.496 e. The van der Waals surface area contributed by atoms with Crippen LogP contribution in [0, 0.1) is 11.8 Å². The van der Waals surface area contributed by atoms with Crippen LogP contribution in [0.3, 0.4) is 0 Å². The van der Waals surface area contributed by atoms with Crippen molar-refractivity contribution >= 4 is 30.5 Å². The molecule has 1 heterocycles. The Morgan fingerprint density at radius 2 is 1.83 bits per heavy atom. The molecule has 0 radical (unpaired) electrons. The van der Waals surface area contributed by atoms with E-state index in [-0.39, 0.29) is 24.8 Å². The van der Waals surface area contributed by atoms with Crippen molar-refractivity contribution in [3.8, 4) is 5.75 Å². The van der Waals surface area contributed by atoms with Gasteiger partial charge in [0.05, 0.1) is 7.11 Å². The minimum absolute atomic E-state index is 0. The summed E-state index contributed by atoms with van der Waals surface area (Å²) in [7, 11) is 4.00. The van der Waals surface area contributed by atoms with Crippen LogP contribution in [0.15, 0.2) is 42.5 Å². The van der Waals surface area contributed by atoms with Crippen LogP contribution in [0.5, 0.6) is 5.75 Å². The molecule has 0 unspecified atom stereocenters. The van der Waals surface area contributed by atoms with Gasteiger partial charge in [0.1, 0.15) is 5.75 Å². The summed E-state index contributed by atoms with van der Waals surface area (Å²) in [5, 5.41) is 0. The highest BCUT2D eigenvalue weighted by molar-refractivity contribution is 5.85. The second-order valence-corrected chi connectivity index (χ2v) is 11.3. The average molecular weight is 518 g/mol. The Balaban J connectivity index is 0.00000144. The fourth-order valence-electron chi connectivity index (χ4n) is 7.72. The lowest BCUT2D eigenvalue weighted by atomic mass is 9.52. The number of rotatable bonds is 6. The standard InChI is InChI=1S/C30H40N2O.2ClH/c1-31(21-24-10-3-4-12-29(24)33-2)25-14-13-23-18-28-26-11-5-6-15-30(26,27(23)19-25)16-17-32(28)20-22-8-7-9-22;;/h3-4,10,12-14,19,22,26,28H,5-9,11,15-18,20-21H2,1-2H3;2*1H/t26-,28+,30+;;/m0../s1. The predicted octanol–water partition coefficient (Wildman–Crippen LogP) is 7.03. The number of nitrogens with zero attached hydrogens (tertiary/aromatic N) is 2. The number of halogens is 2. The van der Waals surface area contributed by atoms with E-state index in [4.69, 9.17) is 4.74 Å². The summed E-state index contributed by atoms with van der Waals surface area (Å²) in [5.74, 6) is 2.82. The molecule has 0 aromatic heterocycles. The van der Waals surface area contributed by atoms with Gasteiger partial charge in [0, 0.05) is 42.8 Å². The quantitative estimate of drug-likeness (QED) is 0.409. The Hall–Kier alpha value is -1.42. The van der Waals surface area contributed by atoms with Crippen molar-refractivity contribution < 1.29 is 4.74 Å². The summed E-state index contributed by atoms with van der Waals surface area (Å²) in [4.78, 5) is 5.34. The number of hydrogen-bond acceptors (Lipinski definition) is 3. The number of likely N-dealkylation sites (tertiary alicyclic amines) is 1. The van der Waals surface area contributed by atoms with Crippen molar-refractivity contribution in [2.45, 2.75) is 75.8 Å². The molecule has 0 amide bonds. The molecule has 3 aliphatic carbocycles. The lowest BCUT2D eigenvalue weighted by molar-refractivity contribution is -0.0239.